The van der Waals surface area contributed by atoms with Crippen LogP contribution in [-0.4, -0.2) is 21.6 Å². The first-order valence-corrected chi connectivity index (χ1v) is 5.17. The lowest BCUT2D eigenvalue weighted by Gasteiger charge is -2.03. The molecule has 0 fully saturated rings. The van der Waals surface area contributed by atoms with Crippen molar-refractivity contribution >= 4 is 10.3 Å². The molecule has 0 radical (unpaired) electrons. The van der Waals surface area contributed by atoms with E-state index in [-0.39, 0.29) is 6.61 Å². The summed E-state index contributed by atoms with van der Waals surface area (Å²) in [6.45, 7) is 4.27. The van der Waals surface area contributed by atoms with E-state index in [1.165, 1.54) is 0 Å². The average Bonchev–Trinajstić information content (AvgIpc) is 1.87. The van der Waals surface area contributed by atoms with Gasteiger partial charge in [-0.15, -0.1) is 0 Å². The second kappa shape index (κ2) is 5.51. The van der Waals surface area contributed by atoms with E-state index in [9.17, 15) is 8.42 Å². The Kier molecular flexibility index (Phi) is 5.45. The Morgan fingerprint density at radius 1 is 1.36 bits per heavy atom. The fourth-order valence-corrected chi connectivity index (χ4v) is 1.36. The van der Waals surface area contributed by atoms with Crippen LogP contribution in [0, 0.1) is 0 Å². The SMILES string of the molecule is CCCCNS(=O)(=O)OCC. The highest BCUT2D eigenvalue weighted by Crippen LogP contribution is 1.89. The van der Waals surface area contributed by atoms with Crippen molar-refractivity contribution in [3.8, 4) is 0 Å². The minimum Gasteiger partial charge on any atom is -0.258 e. The van der Waals surface area contributed by atoms with Gasteiger partial charge in [-0.2, -0.15) is 13.1 Å². The highest BCUT2D eigenvalue weighted by Gasteiger charge is 2.06. The molecule has 0 spiro atoms. The lowest BCUT2D eigenvalue weighted by Crippen LogP contribution is -2.26. The molecule has 0 unspecified atom stereocenters. The van der Waals surface area contributed by atoms with Crippen LogP contribution in [0.15, 0.2) is 0 Å². The standard InChI is InChI=1S/C6H15NO3S/c1-3-5-6-7-11(8,9)10-4-2/h7H,3-6H2,1-2H3. The molecule has 0 bridgehead atoms. The molecule has 68 valence electrons. The third kappa shape index (κ3) is 6.28. The van der Waals surface area contributed by atoms with E-state index in [0.717, 1.165) is 12.8 Å². The molecule has 5 heteroatoms. The topological polar surface area (TPSA) is 55.4 Å². The first-order chi connectivity index (χ1) is 5.12. The normalized spacial score (nSPS) is 11.8. The molecule has 0 atom stereocenters. The van der Waals surface area contributed by atoms with Gasteiger partial charge in [0.1, 0.15) is 0 Å². The summed E-state index contributed by atoms with van der Waals surface area (Å²) in [6, 6.07) is 0. The summed E-state index contributed by atoms with van der Waals surface area (Å²) in [5.74, 6) is 0. The van der Waals surface area contributed by atoms with E-state index in [1.54, 1.807) is 6.92 Å². The van der Waals surface area contributed by atoms with Gasteiger partial charge in [-0.3, -0.25) is 4.18 Å². The van der Waals surface area contributed by atoms with Crippen LogP contribution in [0.2, 0.25) is 0 Å². The van der Waals surface area contributed by atoms with E-state index in [4.69, 9.17) is 0 Å². The van der Waals surface area contributed by atoms with Crippen LogP contribution in [-0.2, 0) is 14.5 Å². The molecular weight excluding hydrogens is 166 g/mol. The zero-order valence-electron chi connectivity index (χ0n) is 6.96. The van der Waals surface area contributed by atoms with Gasteiger partial charge in [0.05, 0.1) is 6.61 Å². The molecular formula is C6H15NO3S. The number of hydrogen-bond acceptors (Lipinski definition) is 3. The molecule has 0 rings (SSSR count). The van der Waals surface area contributed by atoms with E-state index in [1.807, 2.05) is 6.92 Å². The van der Waals surface area contributed by atoms with Gasteiger partial charge in [-0.1, -0.05) is 13.3 Å². The van der Waals surface area contributed by atoms with Crippen molar-refractivity contribution in [1.82, 2.24) is 4.72 Å². The third-order valence-electron chi connectivity index (χ3n) is 1.08. The van der Waals surface area contributed by atoms with Crippen LogP contribution in [0.3, 0.4) is 0 Å². The Morgan fingerprint density at radius 3 is 2.45 bits per heavy atom. The average molecular weight is 181 g/mol. The Morgan fingerprint density at radius 2 is 2.00 bits per heavy atom. The summed E-state index contributed by atoms with van der Waals surface area (Å²) in [5, 5.41) is 0. The molecule has 0 aliphatic rings. The molecule has 1 N–H and O–H groups in total. The Balaban J connectivity index is 3.56. The monoisotopic (exact) mass is 181 g/mol. The third-order valence-corrected chi connectivity index (χ3v) is 2.19. The first-order valence-electron chi connectivity index (χ1n) is 3.76. The van der Waals surface area contributed by atoms with Crippen LogP contribution in [0.1, 0.15) is 26.7 Å². The van der Waals surface area contributed by atoms with Gasteiger partial charge >= 0.3 is 10.3 Å². The van der Waals surface area contributed by atoms with Crippen LogP contribution >= 0.6 is 0 Å². The van der Waals surface area contributed by atoms with Crippen LogP contribution in [0.25, 0.3) is 0 Å². The Bertz CT molecular complexity index is 176. The van der Waals surface area contributed by atoms with Crippen molar-refractivity contribution in [3.05, 3.63) is 0 Å². The minimum atomic E-state index is -3.45. The molecule has 0 heterocycles. The molecule has 0 aromatic carbocycles. The molecule has 0 aromatic rings. The summed E-state index contributed by atoms with van der Waals surface area (Å²) in [4.78, 5) is 0. The lowest BCUT2D eigenvalue weighted by atomic mass is 10.3. The van der Waals surface area contributed by atoms with Gasteiger partial charge < -0.3 is 0 Å². The van der Waals surface area contributed by atoms with Gasteiger partial charge in [0, 0.05) is 6.54 Å². The minimum absolute atomic E-state index is 0.182. The Hall–Kier alpha value is -0.130. The molecule has 11 heavy (non-hydrogen) atoms. The smallest absolute Gasteiger partial charge is 0.258 e. The molecule has 0 aliphatic carbocycles. The summed E-state index contributed by atoms with van der Waals surface area (Å²) in [6.07, 6.45) is 1.81. The second-order valence-electron chi connectivity index (χ2n) is 2.11. The van der Waals surface area contributed by atoms with Crippen molar-refractivity contribution in [2.24, 2.45) is 0 Å². The molecule has 0 saturated carbocycles. The van der Waals surface area contributed by atoms with Gasteiger partial charge in [0.25, 0.3) is 0 Å². The fourth-order valence-electron chi connectivity index (χ4n) is 0.571. The van der Waals surface area contributed by atoms with E-state index < -0.39 is 10.3 Å². The molecule has 0 amide bonds. The van der Waals surface area contributed by atoms with Crippen molar-refractivity contribution in [2.45, 2.75) is 26.7 Å². The summed E-state index contributed by atoms with van der Waals surface area (Å²) >= 11 is 0. The van der Waals surface area contributed by atoms with E-state index >= 15 is 0 Å². The van der Waals surface area contributed by atoms with E-state index in [2.05, 4.69) is 8.91 Å². The van der Waals surface area contributed by atoms with Crippen molar-refractivity contribution in [3.63, 3.8) is 0 Å². The zero-order valence-corrected chi connectivity index (χ0v) is 7.78. The summed E-state index contributed by atoms with van der Waals surface area (Å²) in [7, 11) is -3.45. The highest BCUT2D eigenvalue weighted by atomic mass is 32.2. The van der Waals surface area contributed by atoms with Gasteiger partial charge in [0.2, 0.25) is 0 Å². The molecule has 0 aromatic heterocycles. The second-order valence-corrected chi connectivity index (χ2v) is 3.54. The lowest BCUT2D eigenvalue weighted by molar-refractivity contribution is 0.330. The van der Waals surface area contributed by atoms with Gasteiger partial charge in [-0.05, 0) is 13.3 Å². The highest BCUT2D eigenvalue weighted by molar-refractivity contribution is 7.84. The van der Waals surface area contributed by atoms with Crippen LogP contribution in [0.5, 0.6) is 0 Å². The number of hydrogen-bond donors (Lipinski definition) is 1. The maximum absolute atomic E-state index is 10.8. The van der Waals surface area contributed by atoms with Crippen molar-refractivity contribution < 1.29 is 12.6 Å². The number of rotatable bonds is 6. The van der Waals surface area contributed by atoms with E-state index in [0.29, 0.717) is 6.54 Å². The largest absolute Gasteiger partial charge is 0.335 e. The van der Waals surface area contributed by atoms with Crippen molar-refractivity contribution in [2.75, 3.05) is 13.2 Å². The summed E-state index contributed by atoms with van der Waals surface area (Å²) < 4.78 is 28.3. The maximum atomic E-state index is 10.8. The maximum Gasteiger partial charge on any atom is 0.335 e. The van der Waals surface area contributed by atoms with Gasteiger partial charge in [0.15, 0.2) is 0 Å². The first kappa shape index (κ1) is 10.9. The fraction of sp³-hybridized carbons (Fsp3) is 1.00. The van der Waals surface area contributed by atoms with Crippen LogP contribution in [0.4, 0.5) is 0 Å². The molecule has 0 aliphatic heterocycles. The van der Waals surface area contributed by atoms with Crippen molar-refractivity contribution in [1.29, 1.82) is 0 Å². The Labute approximate surface area is 68.2 Å². The molecule has 0 saturated heterocycles. The predicted octanol–water partition coefficient (Wildman–Crippen LogP) is 0.657. The molecule has 4 nitrogen and oxygen atoms in total. The van der Waals surface area contributed by atoms with Gasteiger partial charge in [-0.25, -0.2) is 0 Å². The predicted molar refractivity (Wildman–Crippen MR) is 43.5 cm³/mol. The summed E-state index contributed by atoms with van der Waals surface area (Å²) in [5.41, 5.74) is 0. The number of nitrogens with one attached hydrogen (secondary N) is 1. The quantitative estimate of drug-likeness (QED) is 0.612. The number of unbranched alkanes of at least 4 members (excludes halogenated alkanes) is 1. The zero-order chi connectivity index (χ0) is 8.74. The van der Waals surface area contributed by atoms with Crippen LogP contribution < -0.4 is 4.72 Å².